The lowest BCUT2D eigenvalue weighted by Gasteiger charge is -2.18. The van der Waals surface area contributed by atoms with Gasteiger partial charge in [-0.05, 0) is 12.1 Å². The number of aromatic nitrogens is 2. The summed E-state index contributed by atoms with van der Waals surface area (Å²) in [5, 5.41) is 21.8. The van der Waals surface area contributed by atoms with Gasteiger partial charge in [-0.1, -0.05) is 26.8 Å². The second kappa shape index (κ2) is 5.17. The maximum atomic E-state index is 12.5. The van der Waals surface area contributed by atoms with Crippen molar-refractivity contribution in [3.63, 3.8) is 0 Å². The molecule has 0 saturated heterocycles. The van der Waals surface area contributed by atoms with Gasteiger partial charge in [0.1, 0.15) is 5.75 Å². The second-order valence-corrected chi connectivity index (χ2v) is 5.85. The van der Waals surface area contributed by atoms with Gasteiger partial charge >= 0.3 is 0 Å². The molecular weight excluding hydrogens is 256 g/mol. The number of phenolic OH excluding ortho intramolecular Hbond substituents is 1. The Kier molecular flexibility index (Phi) is 3.72. The van der Waals surface area contributed by atoms with Crippen LogP contribution in [0, 0.1) is 0 Å². The Balaban J connectivity index is 2.64. The summed E-state index contributed by atoms with van der Waals surface area (Å²) in [6, 6.07) is 6.50. The zero-order valence-electron chi connectivity index (χ0n) is 12.0. The van der Waals surface area contributed by atoms with E-state index in [9.17, 15) is 9.90 Å². The molecule has 0 aliphatic heterocycles. The number of aromatic amines is 1. The minimum absolute atomic E-state index is 0.0732. The Hall–Kier alpha value is -2.01. The molecule has 0 aliphatic rings. The van der Waals surface area contributed by atoms with E-state index in [0.29, 0.717) is 17.7 Å². The van der Waals surface area contributed by atoms with Crippen LogP contribution in [0.1, 0.15) is 32.0 Å². The van der Waals surface area contributed by atoms with Crippen LogP contribution in [0.4, 0.5) is 0 Å². The molecule has 1 aromatic carbocycles. The molecule has 20 heavy (non-hydrogen) atoms. The van der Waals surface area contributed by atoms with Crippen molar-refractivity contribution >= 4 is 0 Å². The van der Waals surface area contributed by atoms with Crippen LogP contribution >= 0.6 is 0 Å². The van der Waals surface area contributed by atoms with Crippen LogP contribution < -0.4 is 5.56 Å². The summed E-state index contributed by atoms with van der Waals surface area (Å²) >= 11 is 0. The number of aliphatic hydroxyl groups is 1. The Morgan fingerprint density at radius 3 is 2.55 bits per heavy atom. The van der Waals surface area contributed by atoms with Gasteiger partial charge < -0.3 is 10.2 Å². The third-order valence-electron chi connectivity index (χ3n) is 3.19. The van der Waals surface area contributed by atoms with E-state index in [4.69, 9.17) is 5.11 Å². The fourth-order valence-electron chi connectivity index (χ4n) is 2.25. The molecule has 0 aliphatic carbocycles. The summed E-state index contributed by atoms with van der Waals surface area (Å²) in [4.78, 5) is 12.5. The number of phenols is 1. The molecule has 0 spiro atoms. The average molecular weight is 276 g/mol. The van der Waals surface area contributed by atoms with Crippen molar-refractivity contribution in [1.82, 2.24) is 9.78 Å². The van der Waals surface area contributed by atoms with Crippen LogP contribution in [0.3, 0.4) is 0 Å². The monoisotopic (exact) mass is 276 g/mol. The van der Waals surface area contributed by atoms with Crippen molar-refractivity contribution in [1.29, 1.82) is 0 Å². The van der Waals surface area contributed by atoms with E-state index in [1.54, 1.807) is 18.2 Å². The van der Waals surface area contributed by atoms with E-state index >= 15 is 0 Å². The summed E-state index contributed by atoms with van der Waals surface area (Å²) in [7, 11) is 0. The number of aromatic hydroxyl groups is 1. The topological polar surface area (TPSA) is 78.2 Å². The summed E-state index contributed by atoms with van der Waals surface area (Å²) in [6.45, 7) is 5.94. The number of hydrogen-bond donors (Lipinski definition) is 3. The first-order valence-corrected chi connectivity index (χ1v) is 6.59. The van der Waals surface area contributed by atoms with E-state index in [1.807, 2.05) is 20.8 Å². The van der Waals surface area contributed by atoms with Crippen LogP contribution in [0.25, 0.3) is 5.69 Å². The molecular formula is C15H20N2O3. The van der Waals surface area contributed by atoms with Gasteiger partial charge in [-0.3, -0.25) is 9.89 Å². The molecule has 0 fully saturated rings. The fraction of sp³-hybridized carbons (Fsp3) is 0.400. The molecule has 108 valence electrons. The summed E-state index contributed by atoms with van der Waals surface area (Å²) in [5.74, 6) is 0.102. The lowest BCUT2D eigenvalue weighted by Crippen LogP contribution is -2.19. The van der Waals surface area contributed by atoms with Crippen LogP contribution in [0.5, 0.6) is 5.75 Å². The fourth-order valence-corrected chi connectivity index (χ4v) is 2.25. The predicted octanol–water partition coefficient (Wildman–Crippen LogP) is 1.70. The molecule has 0 amide bonds. The Morgan fingerprint density at radius 1 is 1.30 bits per heavy atom. The first kappa shape index (κ1) is 14.4. The van der Waals surface area contributed by atoms with Crippen LogP contribution in [-0.2, 0) is 11.8 Å². The van der Waals surface area contributed by atoms with Gasteiger partial charge in [-0.15, -0.1) is 0 Å². The highest BCUT2D eigenvalue weighted by molar-refractivity contribution is 5.39. The van der Waals surface area contributed by atoms with E-state index in [2.05, 4.69) is 5.10 Å². The minimum atomic E-state index is -0.230. The highest BCUT2D eigenvalue weighted by atomic mass is 16.3. The molecule has 0 unspecified atom stereocenters. The summed E-state index contributed by atoms with van der Waals surface area (Å²) in [5.41, 5.74) is 1.55. The van der Waals surface area contributed by atoms with Gasteiger partial charge in [-0.2, -0.15) is 0 Å². The van der Waals surface area contributed by atoms with Crippen LogP contribution in [-0.4, -0.2) is 26.6 Å². The molecule has 0 saturated carbocycles. The molecule has 0 bridgehead atoms. The van der Waals surface area contributed by atoms with Gasteiger partial charge in [0, 0.05) is 35.8 Å². The third-order valence-corrected chi connectivity index (χ3v) is 3.19. The standard InChI is InChI=1S/C15H20N2O3/c1-15(2,3)13-12(7-8-18)14(20)17(16-13)10-5-4-6-11(19)9-10/h4-6,9,16,18-19H,7-8H2,1-3H3. The number of benzene rings is 1. The summed E-state index contributed by atoms with van der Waals surface area (Å²) in [6.07, 6.45) is 0.313. The van der Waals surface area contributed by atoms with Gasteiger partial charge in [-0.25, -0.2) is 4.68 Å². The first-order valence-electron chi connectivity index (χ1n) is 6.59. The summed E-state index contributed by atoms with van der Waals surface area (Å²) < 4.78 is 1.41. The van der Waals surface area contributed by atoms with Crippen LogP contribution in [0.2, 0.25) is 0 Å². The zero-order valence-corrected chi connectivity index (χ0v) is 12.0. The zero-order chi connectivity index (χ0) is 14.9. The smallest absolute Gasteiger partial charge is 0.274 e. The molecule has 5 nitrogen and oxygen atoms in total. The van der Waals surface area contributed by atoms with Crippen molar-refractivity contribution in [2.45, 2.75) is 32.6 Å². The lowest BCUT2D eigenvalue weighted by atomic mass is 9.89. The van der Waals surface area contributed by atoms with Gasteiger partial charge in [0.25, 0.3) is 5.56 Å². The van der Waals surface area contributed by atoms with Crippen molar-refractivity contribution in [2.75, 3.05) is 6.61 Å². The minimum Gasteiger partial charge on any atom is -0.508 e. The van der Waals surface area contributed by atoms with Crippen LogP contribution in [0.15, 0.2) is 29.1 Å². The molecule has 3 N–H and O–H groups in total. The van der Waals surface area contributed by atoms with E-state index < -0.39 is 0 Å². The Bertz CT molecular complexity index is 662. The number of nitrogens with zero attached hydrogens (tertiary/aromatic N) is 1. The number of hydrogen-bond acceptors (Lipinski definition) is 3. The maximum Gasteiger partial charge on any atom is 0.274 e. The van der Waals surface area contributed by atoms with Crippen molar-refractivity contribution < 1.29 is 10.2 Å². The molecule has 1 aromatic heterocycles. The SMILES string of the molecule is CC(C)(C)c1[nH]n(-c2cccc(O)c2)c(=O)c1CCO. The molecule has 0 atom stereocenters. The Morgan fingerprint density at radius 2 is 2.00 bits per heavy atom. The quantitative estimate of drug-likeness (QED) is 0.798. The second-order valence-electron chi connectivity index (χ2n) is 5.85. The molecule has 2 aromatic rings. The first-order chi connectivity index (χ1) is 9.34. The highest BCUT2D eigenvalue weighted by Crippen LogP contribution is 2.24. The number of nitrogens with one attached hydrogen (secondary N) is 1. The van der Waals surface area contributed by atoms with E-state index in [1.165, 1.54) is 10.7 Å². The highest BCUT2D eigenvalue weighted by Gasteiger charge is 2.24. The number of H-pyrrole nitrogens is 1. The van der Waals surface area contributed by atoms with E-state index in [0.717, 1.165) is 5.69 Å². The number of aliphatic hydroxyl groups excluding tert-OH is 1. The number of rotatable bonds is 3. The normalized spacial score (nSPS) is 11.8. The van der Waals surface area contributed by atoms with Crippen molar-refractivity contribution in [2.24, 2.45) is 0 Å². The maximum absolute atomic E-state index is 12.5. The largest absolute Gasteiger partial charge is 0.508 e. The third kappa shape index (κ3) is 2.63. The predicted molar refractivity (Wildman–Crippen MR) is 77.5 cm³/mol. The molecule has 2 rings (SSSR count). The molecule has 0 radical (unpaired) electrons. The van der Waals surface area contributed by atoms with Gasteiger partial charge in [0.2, 0.25) is 0 Å². The van der Waals surface area contributed by atoms with Crippen molar-refractivity contribution in [3.05, 3.63) is 45.9 Å². The van der Waals surface area contributed by atoms with Gasteiger partial charge in [0.05, 0.1) is 5.69 Å². The Labute approximate surface area is 117 Å². The lowest BCUT2D eigenvalue weighted by molar-refractivity contribution is 0.298. The van der Waals surface area contributed by atoms with Gasteiger partial charge in [0.15, 0.2) is 0 Å². The molecule has 1 heterocycles. The van der Waals surface area contributed by atoms with Crippen molar-refractivity contribution in [3.8, 4) is 11.4 Å². The average Bonchev–Trinajstić information content (AvgIpc) is 2.68. The van der Waals surface area contributed by atoms with E-state index in [-0.39, 0.29) is 23.3 Å². The molecule has 5 heteroatoms.